The zero-order valence-electron chi connectivity index (χ0n) is 9.23. The Hall–Kier alpha value is -0.870. The average Bonchev–Trinajstić information content (AvgIpc) is 2.16. The zero-order chi connectivity index (χ0) is 11.4. The van der Waals surface area contributed by atoms with Crippen LogP contribution in [0.2, 0.25) is 0 Å². The average molecular weight is 227 g/mol. The lowest BCUT2D eigenvalue weighted by Crippen LogP contribution is -2.14. The largest absolute Gasteiger partial charge is 0.497 e. The fraction of sp³-hybridized carbons (Fsp3) is 0.455. The SMILES string of the molecule is COc1cc(N)cc(SC(C)C(C)O)c1. The fourth-order valence-corrected chi connectivity index (χ4v) is 2.11. The van der Waals surface area contributed by atoms with Gasteiger partial charge >= 0.3 is 0 Å². The van der Waals surface area contributed by atoms with Gasteiger partial charge < -0.3 is 15.6 Å². The molecule has 2 atom stereocenters. The van der Waals surface area contributed by atoms with E-state index in [2.05, 4.69) is 0 Å². The molecular formula is C11H17NO2S. The van der Waals surface area contributed by atoms with Crippen molar-refractivity contribution in [2.75, 3.05) is 12.8 Å². The summed E-state index contributed by atoms with van der Waals surface area (Å²) in [6, 6.07) is 5.57. The van der Waals surface area contributed by atoms with E-state index in [4.69, 9.17) is 10.5 Å². The summed E-state index contributed by atoms with van der Waals surface area (Å²) in [5.74, 6) is 0.746. The molecule has 0 bridgehead atoms. The maximum absolute atomic E-state index is 9.39. The Balaban J connectivity index is 2.80. The Bertz CT molecular complexity index is 328. The highest BCUT2D eigenvalue weighted by Gasteiger charge is 2.11. The first-order chi connectivity index (χ1) is 7.02. The Morgan fingerprint density at radius 1 is 1.33 bits per heavy atom. The van der Waals surface area contributed by atoms with Crippen LogP contribution >= 0.6 is 11.8 Å². The zero-order valence-corrected chi connectivity index (χ0v) is 10.0. The number of hydrogen-bond donors (Lipinski definition) is 2. The number of anilines is 1. The standard InChI is InChI=1S/C11H17NO2S/c1-7(13)8(2)15-11-5-9(12)4-10(6-11)14-3/h4-8,13H,12H2,1-3H3. The molecule has 0 aliphatic rings. The van der Waals surface area contributed by atoms with Crippen molar-refractivity contribution >= 4 is 17.4 Å². The minimum atomic E-state index is -0.345. The van der Waals surface area contributed by atoms with E-state index in [9.17, 15) is 5.11 Å². The van der Waals surface area contributed by atoms with Crippen LogP contribution in [-0.4, -0.2) is 23.6 Å². The minimum Gasteiger partial charge on any atom is -0.497 e. The normalized spacial score (nSPS) is 14.7. The topological polar surface area (TPSA) is 55.5 Å². The molecule has 84 valence electrons. The van der Waals surface area contributed by atoms with E-state index in [1.54, 1.807) is 31.9 Å². The van der Waals surface area contributed by atoms with Crippen molar-refractivity contribution < 1.29 is 9.84 Å². The van der Waals surface area contributed by atoms with Crippen molar-refractivity contribution in [1.82, 2.24) is 0 Å². The maximum atomic E-state index is 9.39. The Morgan fingerprint density at radius 2 is 2.00 bits per heavy atom. The summed E-state index contributed by atoms with van der Waals surface area (Å²) in [7, 11) is 1.61. The van der Waals surface area contributed by atoms with Gasteiger partial charge in [0, 0.05) is 21.9 Å². The van der Waals surface area contributed by atoms with Crippen molar-refractivity contribution in [2.45, 2.75) is 30.1 Å². The first kappa shape index (κ1) is 12.2. The molecule has 1 rings (SSSR count). The van der Waals surface area contributed by atoms with Gasteiger partial charge in [-0.05, 0) is 19.1 Å². The van der Waals surface area contributed by atoms with E-state index in [1.165, 1.54) is 0 Å². The van der Waals surface area contributed by atoms with Gasteiger partial charge in [0.2, 0.25) is 0 Å². The summed E-state index contributed by atoms with van der Waals surface area (Å²) in [4.78, 5) is 1.01. The summed E-state index contributed by atoms with van der Waals surface area (Å²) < 4.78 is 5.12. The van der Waals surface area contributed by atoms with Crippen LogP contribution in [0.15, 0.2) is 23.1 Å². The smallest absolute Gasteiger partial charge is 0.122 e. The summed E-state index contributed by atoms with van der Waals surface area (Å²) in [5.41, 5.74) is 6.41. The summed E-state index contributed by atoms with van der Waals surface area (Å²) >= 11 is 1.59. The molecule has 0 radical (unpaired) electrons. The van der Waals surface area contributed by atoms with Crippen molar-refractivity contribution in [3.8, 4) is 5.75 Å². The van der Waals surface area contributed by atoms with Crippen LogP contribution in [-0.2, 0) is 0 Å². The van der Waals surface area contributed by atoms with Gasteiger partial charge in [0.1, 0.15) is 5.75 Å². The van der Waals surface area contributed by atoms with Gasteiger partial charge in [0.05, 0.1) is 13.2 Å². The Labute approximate surface area is 94.6 Å². The van der Waals surface area contributed by atoms with Gasteiger partial charge in [0.25, 0.3) is 0 Å². The van der Waals surface area contributed by atoms with Gasteiger partial charge in [-0.1, -0.05) is 6.92 Å². The number of nitrogen functional groups attached to an aromatic ring is 1. The molecule has 0 saturated heterocycles. The monoisotopic (exact) mass is 227 g/mol. The number of ether oxygens (including phenoxy) is 1. The predicted molar refractivity (Wildman–Crippen MR) is 64.4 cm³/mol. The molecule has 0 heterocycles. The van der Waals surface area contributed by atoms with Crippen LogP contribution in [0, 0.1) is 0 Å². The number of rotatable bonds is 4. The number of nitrogens with two attached hydrogens (primary N) is 1. The van der Waals surface area contributed by atoms with Crippen LogP contribution < -0.4 is 10.5 Å². The summed E-state index contributed by atoms with van der Waals surface area (Å²) in [5, 5.41) is 9.53. The highest BCUT2D eigenvalue weighted by Crippen LogP contribution is 2.30. The molecule has 0 amide bonds. The van der Waals surface area contributed by atoms with Gasteiger partial charge in [0.15, 0.2) is 0 Å². The molecule has 0 saturated carbocycles. The Kier molecular flexibility index (Phi) is 4.29. The van der Waals surface area contributed by atoms with Crippen LogP contribution in [0.1, 0.15) is 13.8 Å². The number of thioether (sulfide) groups is 1. The Morgan fingerprint density at radius 3 is 2.53 bits per heavy atom. The van der Waals surface area contributed by atoms with Gasteiger partial charge in [-0.15, -0.1) is 11.8 Å². The first-order valence-corrected chi connectivity index (χ1v) is 5.70. The van der Waals surface area contributed by atoms with Crippen molar-refractivity contribution in [2.24, 2.45) is 0 Å². The lowest BCUT2D eigenvalue weighted by molar-refractivity contribution is 0.196. The third kappa shape index (κ3) is 3.64. The number of benzene rings is 1. The maximum Gasteiger partial charge on any atom is 0.122 e. The minimum absolute atomic E-state index is 0.136. The second kappa shape index (κ2) is 5.28. The van der Waals surface area contributed by atoms with E-state index in [-0.39, 0.29) is 11.4 Å². The molecule has 3 N–H and O–H groups in total. The third-order valence-corrected chi connectivity index (χ3v) is 3.41. The predicted octanol–water partition coefficient (Wildman–Crippen LogP) is 2.14. The first-order valence-electron chi connectivity index (χ1n) is 4.82. The molecule has 0 aromatic heterocycles. The molecule has 3 nitrogen and oxygen atoms in total. The van der Waals surface area contributed by atoms with Gasteiger partial charge in [-0.25, -0.2) is 0 Å². The van der Waals surface area contributed by atoms with Crippen molar-refractivity contribution in [3.05, 3.63) is 18.2 Å². The lowest BCUT2D eigenvalue weighted by Gasteiger charge is -2.14. The molecule has 0 aliphatic heterocycles. The number of aliphatic hydroxyl groups excluding tert-OH is 1. The van der Waals surface area contributed by atoms with Crippen molar-refractivity contribution in [3.63, 3.8) is 0 Å². The van der Waals surface area contributed by atoms with Crippen LogP contribution in [0.25, 0.3) is 0 Å². The number of aliphatic hydroxyl groups is 1. The quantitative estimate of drug-likeness (QED) is 0.611. The molecule has 1 aromatic carbocycles. The number of hydrogen-bond acceptors (Lipinski definition) is 4. The van der Waals surface area contributed by atoms with Crippen LogP contribution in [0.3, 0.4) is 0 Å². The third-order valence-electron chi connectivity index (χ3n) is 2.14. The molecule has 0 spiro atoms. The van der Waals surface area contributed by atoms with E-state index in [1.807, 2.05) is 19.1 Å². The molecular weight excluding hydrogens is 210 g/mol. The van der Waals surface area contributed by atoms with E-state index in [0.717, 1.165) is 10.6 Å². The molecule has 0 aliphatic carbocycles. The number of methoxy groups -OCH3 is 1. The molecule has 0 fully saturated rings. The summed E-state index contributed by atoms with van der Waals surface area (Å²) in [6.45, 7) is 3.76. The second-order valence-corrected chi connectivity index (χ2v) is 4.96. The highest BCUT2D eigenvalue weighted by molar-refractivity contribution is 8.00. The molecule has 15 heavy (non-hydrogen) atoms. The second-order valence-electron chi connectivity index (χ2n) is 3.51. The molecule has 1 aromatic rings. The lowest BCUT2D eigenvalue weighted by atomic mass is 10.3. The van der Waals surface area contributed by atoms with E-state index >= 15 is 0 Å². The van der Waals surface area contributed by atoms with E-state index < -0.39 is 0 Å². The fourth-order valence-electron chi connectivity index (χ4n) is 1.09. The highest BCUT2D eigenvalue weighted by atomic mass is 32.2. The summed E-state index contributed by atoms with van der Waals surface area (Å²) in [6.07, 6.45) is -0.345. The van der Waals surface area contributed by atoms with Gasteiger partial charge in [-0.3, -0.25) is 0 Å². The molecule has 4 heteroatoms. The van der Waals surface area contributed by atoms with E-state index in [0.29, 0.717) is 5.69 Å². The molecule has 2 unspecified atom stereocenters. The van der Waals surface area contributed by atoms with Crippen LogP contribution in [0.5, 0.6) is 5.75 Å². The van der Waals surface area contributed by atoms with Gasteiger partial charge in [-0.2, -0.15) is 0 Å². The van der Waals surface area contributed by atoms with Crippen molar-refractivity contribution in [1.29, 1.82) is 0 Å². The van der Waals surface area contributed by atoms with Crippen LogP contribution in [0.4, 0.5) is 5.69 Å².